The highest BCUT2D eigenvalue weighted by Gasteiger charge is 2.34. The number of hydrogen-bond acceptors (Lipinski definition) is 3. The molecule has 0 spiro atoms. The Morgan fingerprint density at radius 1 is 0.946 bits per heavy atom. The lowest BCUT2D eigenvalue weighted by atomic mass is 9.97. The standard InChI is InChI=1S/C29H25F4N3O/c1-19-34-26-14-15-35(17-20-12-13-24(25(30)16-20)29(31,32)33)18-23(26)28(37)36(19)27(21-8-4-2-5-9-21)22-10-6-3-7-11-22/h2-13,16,27H,14-15,17-18H2,1H3. The highest BCUT2D eigenvalue weighted by atomic mass is 19.4. The Morgan fingerprint density at radius 3 is 2.14 bits per heavy atom. The summed E-state index contributed by atoms with van der Waals surface area (Å²) in [6, 6.07) is 22.1. The van der Waals surface area contributed by atoms with Gasteiger partial charge in [-0.3, -0.25) is 14.3 Å². The zero-order valence-corrected chi connectivity index (χ0v) is 20.2. The van der Waals surface area contributed by atoms with Crippen LogP contribution in [0.2, 0.25) is 0 Å². The molecule has 5 rings (SSSR count). The molecule has 1 aliphatic heterocycles. The predicted octanol–water partition coefficient (Wildman–Crippen LogP) is 5.91. The molecule has 0 amide bonds. The van der Waals surface area contributed by atoms with E-state index in [9.17, 15) is 22.4 Å². The Kier molecular flexibility index (Phi) is 6.69. The van der Waals surface area contributed by atoms with Gasteiger partial charge in [-0.25, -0.2) is 9.37 Å². The smallest absolute Gasteiger partial charge is 0.294 e. The van der Waals surface area contributed by atoms with Crippen molar-refractivity contribution in [2.75, 3.05) is 6.54 Å². The Bertz CT molecular complexity index is 1430. The zero-order valence-electron chi connectivity index (χ0n) is 20.2. The second-order valence-corrected chi connectivity index (χ2v) is 9.26. The topological polar surface area (TPSA) is 38.1 Å². The van der Waals surface area contributed by atoms with E-state index in [2.05, 4.69) is 0 Å². The molecule has 3 aromatic carbocycles. The molecule has 0 fully saturated rings. The van der Waals surface area contributed by atoms with E-state index in [1.165, 1.54) is 6.07 Å². The summed E-state index contributed by atoms with van der Waals surface area (Å²) in [5, 5.41) is 0. The number of halogens is 4. The number of benzene rings is 3. The third-order valence-electron chi connectivity index (χ3n) is 6.75. The third kappa shape index (κ3) is 5.06. The van der Waals surface area contributed by atoms with Crippen LogP contribution >= 0.6 is 0 Å². The van der Waals surface area contributed by atoms with Crippen LogP contribution in [0.5, 0.6) is 0 Å². The summed E-state index contributed by atoms with van der Waals surface area (Å²) < 4.78 is 54.6. The lowest BCUT2D eigenvalue weighted by Crippen LogP contribution is -2.40. The highest BCUT2D eigenvalue weighted by Crippen LogP contribution is 2.32. The normalized spacial score (nSPS) is 14.1. The molecule has 0 unspecified atom stereocenters. The van der Waals surface area contributed by atoms with Crippen LogP contribution in [0.4, 0.5) is 17.6 Å². The molecule has 1 aromatic heterocycles. The van der Waals surface area contributed by atoms with Gasteiger partial charge in [0.2, 0.25) is 0 Å². The van der Waals surface area contributed by atoms with Crippen molar-refractivity contribution < 1.29 is 17.6 Å². The van der Waals surface area contributed by atoms with E-state index in [4.69, 9.17) is 4.98 Å². The molecular formula is C29H25F4N3O. The van der Waals surface area contributed by atoms with Gasteiger partial charge in [-0.05, 0) is 35.7 Å². The van der Waals surface area contributed by atoms with Crippen molar-refractivity contribution in [3.8, 4) is 0 Å². The number of fused-ring (bicyclic) bond motifs is 1. The molecule has 0 N–H and O–H groups in total. The first kappa shape index (κ1) is 24.9. The molecule has 4 aromatic rings. The van der Waals surface area contributed by atoms with Crippen molar-refractivity contribution in [1.82, 2.24) is 14.5 Å². The fourth-order valence-corrected chi connectivity index (χ4v) is 5.01. The first-order valence-electron chi connectivity index (χ1n) is 12.0. The molecule has 4 nitrogen and oxygen atoms in total. The fraction of sp³-hybridized carbons (Fsp3) is 0.241. The SMILES string of the molecule is Cc1nc2c(c(=O)n1C(c1ccccc1)c1ccccc1)CN(Cc1ccc(C(F)(F)F)c(F)c1)CC2. The first-order valence-corrected chi connectivity index (χ1v) is 12.0. The second-order valence-electron chi connectivity index (χ2n) is 9.26. The van der Waals surface area contributed by atoms with Crippen LogP contribution in [-0.2, 0) is 25.7 Å². The first-order chi connectivity index (χ1) is 17.7. The fourth-order valence-electron chi connectivity index (χ4n) is 5.01. The van der Waals surface area contributed by atoms with Crippen molar-refractivity contribution >= 4 is 0 Å². The summed E-state index contributed by atoms with van der Waals surface area (Å²) in [6.45, 7) is 2.90. The van der Waals surface area contributed by atoms with Crippen LogP contribution in [-0.4, -0.2) is 21.0 Å². The van der Waals surface area contributed by atoms with Gasteiger partial charge in [-0.1, -0.05) is 66.7 Å². The van der Waals surface area contributed by atoms with E-state index in [0.29, 0.717) is 29.9 Å². The van der Waals surface area contributed by atoms with Gasteiger partial charge < -0.3 is 0 Å². The van der Waals surface area contributed by atoms with Gasteiger partial charge >= 0.3 is 6.18 Å². The number of hydrogen-bond donors (Lipinski definition) is 0. The molecular weight excluding hydrogens is 482 g/mol. The summed E-state index contributed by atoms with van der Waals surface area (Å²) in [7, 11) is 0. The van der Waals surface area contributed by atoms with Gasteiger partial charge in [0.25, 0.3) is 5.56 Å². The van der Waals surface area contributed by atoms with E-state index >= 15 is 0 Å². The van der Waals surface area contributed by atoms with E-state index in [0.717, 1.165) is 29.0 Å². The maximum absolute atomic E-state index is 14.1. The van der Waals surface area contributed by atoms with Crippen molar-refractivity contribution in [3.63, 3.8) is 0 Å². The molecule has 8 heteroatoms. The van der Waals surface area contributed by atoms with Crippen molar-refractivity contribution in [1.29, 1.82) is 0 Å². The Morgan fingerprint density at radius 2 is 1.57 bits per heavy atom. The minimum atomic E-state index is -4.74. The average molecular weight is 508 g/mol. The second kappa shape index (κ2) is 9.94. The minimum Gasteiger partial charge on any atom is -0.294 e. The average Bonchev–Trinajstić information content (AvgIpc) is 2.87. The van der Waals surface area contributed by atoms with E-state index in [1.54, 1.807) is 4.57 Å². The summed E-state index contributed by atoms with van der Waals surface area (Å²) in [5.74, 6) is -0.685. The largest absolute Gasteiger partial charge is 0.419 e. The molecule has 1 aliphatic rings. The van der Waals surface area contributed by atoms with E-state index < -0.39 is 17.6 Å². The summed E-state index contributed by atoms with van der Waals surface area (Å²) >= 11 is 0. The molecule has 2 heterocycles. The lowest BCUT2D eigenvalue weighted by molar-refractivity contribution is -0.140. The van der Waals surface area contributed by atoms with Crippen LogP contribution in [0.3, 0.4) is 0 Å². The zero-order chi connectivity index (χ0) is 26.2. The van der Waals surface area contributed by atoms with Gasteiger partial charge in [0.05, 0.1) is 22.9 Å². The Hall–Kier alpha value is -3.78. The number of nitrogens with zero attached hydrogens (tertiary/aromatic N) is 3. The summed E-state index contributed by atoms with van der Waals surface area (Å²) in [4.78, 5) is 20.7. The predicted molar refractivity (Wildman–Crippen MR) is 133 cm³/mol. The number of aromatic nitrogens is 2. The van der Waals surface area contributed by atoms with Crippen LogP contribution in [0, 0.1) is 12.7 Å². The number of alkyl halides is 3. The Balaban J connectivity index is 1.50. The molecule has 0 saturated carbocycles. The summed E-state index contributed by atoms with van der Waals surface area (Å²) in [5.41, 5.74) is 2.18. The van der Waals surface area contributed by atoms with Crippen LogP contribution in [0.1, 0.15) is 45.4 Å². The molecule has 0 atom stereocenters. The van der Waals surface area contributed by atoms with Crippen LogP contribution < -0.4 is 5.56 Å². The quantitative estimate of drug-likeness (QED) is 0.316. The lowest BCUT2D eigenvalue weighted by Gasteiger charge is -2.30. The van der Waals surface area contributed by atoms with Gasteiger partial charge in [0.1, 0.15) is 11.6 Å². The van der Waals surface area contributed by atoms with E-state index in [1.807, 2.05) is 72.5 Å². The minimum absolute atomic E-state index is 0.150. The van der Waals surface area contributed by atoms with Gasteiger partial charge in [-0.15, -0.1) is 0 Å². The highest BCUT2D eigenvalue weighted by molar-refractivity contribution is 5.35. The van der Waals surface area contributed by atoms with Crippen LogP contribution in [0.15, 0.2) is 83.7 Å². The summed E-state index contributed by atoms with van der Waals surface area (Å²) in [6.07, 6.45) is -4.22. The molecule has 0 aliphatic carbocycles. The van der Waals surface area contributed by atoms with Crippen molar-refractivity contribution in [2.24, 2.45) is 0 Å². The monoisotopic (exact) mass is 507 g/mol. The molecule has 190 valence electrons. The molecule has 0 bridgehead atoms. The van der Waals surface area contributed by atoms with Gasteiger partial charge in [0.15, 0.2) is 0 Å². The van der Waals surface area contributed by atoms with Crippen molar-refractivity contribution in [3.05, 3.63) is 134 Å². The maximum Gasteiger partial charge on any atom is 0.419 e. The number of aryl methyl sites for hydroxylation is 1. The van der Waals surface area contributed by atoms with Gasteiger partial charge in [-0.2, -0.15) is 13.2 Å². The third-order valence-corrected chi connectivity index (χ3v) is 6.75. The molecule has 0 saturated heterocycles. The van der Waals surface area contributed by atoms with Crippen LogP contribution in [0.25, 0.3) is 0 Å². The Labute approximate surface area is 211 Å². The molecule has 37 heavy (non-hydrogen) atoms. The van der Waals surface area contributed by atoms with E-state index in [-0.39, 0.29) is 24.7 Å². The van der Waals surface area contributed by atoms with Crippen molar-refractivity contribution in [2.45, 2.75) is 38.7 Å². The molecule has 0 radical (unpaired) electrons. The number of rotatable bonds is 5. The maximum atomic E-state index is 14.1. The van der Waals surface area contributed by atoms with Gasteiger partial charge in [0, 0.05) is 26.1 Å².